The minimum Gasteiger partial charge on any atom is -0.361 e. The first-order chi connectivity index (χ1) is 4.56. The number of hydrogen-bond acceptors (Lipinski definition) is 2. The highest BCUT2D eigenvalue weighted by atomic mass is 31.1. The fourth-order valence-corrected chi connectivity index (χ4v) is 1.17. The summed E-state index contributed by atoms with van der Waals surface area (Å²) in [6, 6.07) is 0. The van der Waals surface area contributed by atoms with E-state index >= 15 is 0 Å². The lowest BCUT2D eigenvalue weighted by molar-refractivity contribution is 0.220. The normalized spacial score (nSPS) is 13.2. The van der Waals surface area contributed by atoms with Gasteiger partial charge in [-0.15, -0.1) is 0 Å². The van der Waals surface area contributed by atoms with Crippen molar-refractivity contribution in [3.05, 3.63) is 0 Å². The Morgan fingerprint density at radius 1 is 1.40 bits per heavy atom. The molecule has 0 radical (unpaired) electrons. The van der Waals surface area contributed by atoms with Gasteiger partial charge in [0.2, 0.25) is 0 Å². The number of rotatable bonds is 4. The van der Waals surface area contributed by atoms with E-state index in [9.17, 15) is 0 Å². The van der Waals surface area contributed by atoms with Crippen LogP contribution in [-0.4, -0.2) is 19.9 Å². The minimum atomic E-state index is 0.306. The van der Waals surface area contributed by atoms with Gasteiger partial charge >= 0.3 is 0 Å². The largest absolute Gasteiger partial charge is 0.361 e. The zero-order valence-corrected chi connectivity index (χ0v) is 8.32. The van der Waals surface area contributed by atoms with Crippen molar-refractivity contribution in [2.75, 3.05) is 19.9 Å². The highest BCUT2D eigenvalue weighted by Gasteiger charge is 2.08. The molecule has 0 spiro atoms. The third-order valence-electron chi connectivity index (χ3n) is 0.856. The van der Waals surface area contributed by atoms with E-state index in [1.54, 1.807) is 0 Å². The summed E-state index contributed by atoms with van der Waals surface area (Å²) in [5, 5.41) is 3.04. The minimum absolute atomic E-state index is 0.306. The summed E-state index contributed by atoms with van der Waals surface area (Å²) in [6.45, 7) is 7.39. The third kappa shape index (κ3) is 8.35. The van der Waals surface area contributed by atoms with E-state index in [-0.39, 0.29) is 0 Å². The van der Waals surface area contributed by atoms with E-state index in [0.29, 0.717) is 14.2 Å². The monoisotopic (exact) mass is 163 g/mol. The van der Waals surface area contributed by atoms with Crippen LogP contribution < -0.4 is 5.32 Å². The Labute approximate surface area is 65.6 Å². The Morgan fingerprint density at radius 3 is 2.40 bits per heavy atom. The smallest absolute Gasteiger partial charge is 0.0554 e. The summed E-state index contributed by atoms with van der Waals surface area (Å²) in [4.78, 5) is 0. The first kappa shape index (κ1) is 10.3. The Kier molecular flexibility index (Phi) is 5.24. The molecular weight excluding hydrogens is 145 g/mol. The van der Waals surface area contributed by atoms with E-state index in [2.05, 4.69) is 26.1 Å². The molecule has 0 aliphatic carbocycles. The Hall–Kier alpha value is 0.350. The van der Waals surface area contributed by atoms with Crippen LogP contribution in [0.5, 0.6) is 0 Å². The van der Waals surface area contributed by atoms with Crippen LogP contribution in [-0.2, 0) is 4.52 Å². The van der Waals surface area contributed by atoms with Gasteiger partial charge in [-0.1, -0.05) is 20.8 Å². The van der Waals surface area contributed by atoms with Crippen molar-refractivity contribution in [3.63, 3.8) is 0 Å². The molecule has 0 aromatic carbocycles. The van der Waals surface area contributed by atoms with Gasteiger partial charge in [0.05, 0.1) is 6.61 Å². The Bertz CT molecular complexity index is 80.2. The maximum atomic E-state index is 5.40. The van der Waals surface area contributed by atoms with Gasteiger partial charge in [-0.3, -0.25) is 0 Å². The fraction of sp³-hybridized carbons (Fsp3) is 1.00. The van der Waals surface area contributed by atoms with Gasteiger partial charge in [0.15, 0.2) is 0 Å². The molecule has 3 heteroatoms. The molecule has 1 atom stereocenters. The van der Waals surface area contributed by atoms with Crippen LogP contribution in [0.1, 0.15) is 20.8 Å². The van der Waals surface area contributed by atoms with Crippen molar-refractivity contribution >= 4 is 8.81 Å². The third-order valence-corrected chi connectivity index (χ3v) is 1.70. The summed E-state index contributed by atoms with van der Waals surface area (Å²) in [7, 11) is 2.53. The molecule has 0 aliphatic heterocycles. The molecule has 62 valence electrons. The molecular formula is C7H18NOP. The zero-order valence-electron chi connectivity index (χ0n) is 7.32. The molecule has 0 rings (SSSR count). The van der Waals surface area contributed by atoms with Crippen LogP contribution in [0.4, 0.5) is 0 Å². The van der Waals surface area contributed by atoms with Crippen molar-refractivity contribution in [3.8, 4) is 0 Å². The molecule has 1 unspecified atom stereocenters. The second kappa shape index (κ2) is 5.06. The summed E-state index contributed by atoms with van der Waals surface area (Å²) in [5.74, 6) is 0. The van der Waals surface area contributed by atoms with E-state index < -0.39 is 0 Å². The SMILES string of the molecule is CNCPOCC(C)(C)C. The molecule has 0 fully saturated rings. The average Bonchev–Trinajstić information content (AvgIpc) is 1.78. The molecule has 0 amide bonds. The Morgan fingerprint density at radius 2 is 2.00 bits per heavy atom. The second-order valence-electron chi connectivity index (χ2n) is 3.52. The number of hydrogen-bond donors (Lipinski definition) is 1. The predicted octanol–water partition coefficient (Wildman–Crippen LogP) is 1.82. The van der Waals surface area contributed by atoms with Gasteiger partial charge in [0.25, 0.3) is 0 Å². The van der Waals surface area contributed by atoms with E-state index in [0.717, 1.165) is 12.9 Å². The van der Waals surface area contributed by atoms with Gasteiger partial charge < -0.3 is 9.84 Å². The summed E-state index contributed by atoms with van der Waals surface area (Å²) >= 11 is 0. The maximum Gasteiger partial charge on any atom is 0.0554 e. The fourth-order valence-electron chi connectivity index (χ4n) is 0.391. The molecule has 0 saturated heterocycles. The summed E-state index contributed by atoms with van der Waals surface area (Å²) in [5.41, 5.74) is 0.306. The Balaban J connectivity index is 3.04. The standard InChI is InChI=1S/C7H18NOP/c1-7(2,3)5-9-10-6-8-4/h8,10H,5-6H2,1-4H3. The van der Waals surface area contributed by atoms with Gasteiger partial charge in [0.1, 0.15) is 0 Å². The quantitative estimate of drug-likeness (QED) is 0.504. The average molecular weight is 163 g/mol. The zero-order chi connectivity index (χ0) is 8.04. The molecule has 0 aliphatic rings. The summed E-state index contributed by atoms with van der Waals surface area (Å²) in [6.07, 6.45) is 0.968. The molecule has 2 nitrogen and oxygen atoms in total. The van der Waals surface area contributed by atoms with Crippen LogP contribution in [0.25, 0.3) is 0 Å². The van der Waals surface area contributed by atoms with E-state index in [1.807, 2.05) is 7.05 Å². The van der Waals surface area contributed by atoms with E-state index in [1.165, 1.54) is 0 Å². The maximum absolute atomic E-state index is 5.40. The van der Waals surface area contributed by atoms with Crippen molar-refractivity contribution in [1.29, 1.82) is 0 Å². The molecule has 1 N–H and O–H groups in total. The molecule has 0 aromatic heterocycles. The highest BCUT2D eigenvalue weighted by molar-refractivity contribution is 7.32. The summed E-state index contributed by atoms with van der Waals surface area (Å²) < 4.78 is 5.40. The van der Waals surface area contributed by atoms with Crippen LogP contribution in [0.15, 0.2) is 0 Å². The molecule has 0 aromatic rings. The molecule has 0 heterocycles. The van der Waals surface area contributed by atoms with Crippen LogP contribution in [0.3, 0.4) is 0 Å². The highest BCUT2D eigenvalue weighted by Crippen LogP contribution is 2.19. The van der Waals surface area contributed by atoms with Crippen LogP contribution >= 0.6 is 8.81 Å². The first-order valence-corrected chi connectivity index (χ1v) is 4.67. The second-order valence-corrected chi connectivity index (χ2v) is 4.45. The molecule has 10 heavy (non-hydrogen) atoms. The lowest BCUT2D eigenvalue weighted by Crippen LogP contribution is -2.12. The van der Waals surface area contributed by atoms with Gasteiger partial charge in [-0.25, -0.2) is 0 Å². The first-order valence-electron chi connectivity index (χ1n) is 3.55. The van der Waals surface area contributed by atoms with Gasteiger partial charge in [-0.2, -0.15) is 0 Å². The molecule has 0 saturated carbocycles. The predicted molar refractivity (Wildman–Crippen MR) is 47.6 cm³/mol. The molecule has 0 bridgehead atoms. The number of nitrogens with one attached hydrogen (secondary N) is 1. The van der Waals surface area contributed by atoms with Gasteiger partial charge in [0, 0.05) is 15.1 Å². The lowest BCUT2D eigenvalue weighted by Gasteiger charge is -2.17. The topological polar surface area (TPSA) is 21.3 Å². The lowest BCUT2D eigenvalue weighted by atomic mass is 9.99. The van der Waals surface area contributed by atoms with Gasteiger partial charge in [-0.05, 0) is 12.5 Å². The van der Waals surface area contributed by atoms with Crippen LogP contribution in [0.2, 0.25) is 0 Å². The van der Waals surface area contributed by atoms with Crippen LogP contribution in [0, 0.1) is 5.41 Å². The van der Waals surface area contributed by atoms with Crippen molar-refractivity contribution in [2.45, 2.75) is 20.8 Å². The van der Waals surface area contributed by atoms with Crippen molar-refractivity contribution < 1.29 is 4.52 Å². The van der Waals surface area contributed by atoms with E-state index in [4.69, 9.17) is 4.52 Å². The van der Waals surface area contributed by atoms with Crippen molar-refractivity contribution in [2.24, 2.45) is 5.41 Å². The van der Waals surface area contributed by atoms with Crippen molar-refractivity contribution in [1.82, 2.24) is 5.32 Å².